The number of hydrogen-bond donors (Lipinski definition) is 2. The first kappa shape index (κ1) is 30.5. The third-order valence-corrected chi connectivity index (χ3v) is 6.77. The van der Waals surface area contributed by atoms with Crippen molar-refractivity contribution in [2.75, 3.05) is 40.5 Å². The largest absolute Gasteiger partial charge is 0.493 e. The number of hydrogen-bond acceptors (Lipinski definition) is 6. The summed E-state index contributed by atoms with van der Waals surface area (Å²) in [7, 11) is 3.32. The number of aliphatic hydroxyl groups is 1. The summed E-state index contributed by atoms with van der Waals surface area (Å²) in [5, 5.41) is 10.8. The van der Waals surface area contributed by atoms with Gasteiger partial charge in [-0.2, -0.15) is 0 Å². The van der Waals surface area contributed by atoms with Crippen LogP contribution in [0.1, 0.15) is 52.5 Å². The predicted octanol–water partition coefficient (Wildman–Crippen LogP) is 3.68. The number of amides is 1. The Bertz CT molecular complexity index is 759. The molecule has 8 heteroatoms. The molecule has 34 heavy (non-hydrogen) atoms. The minimum atomic E-state index is -0.736. The summed E-state index contributed by atoms with van der Waals surface area (Å²) in [6, 6.07) is 5.64. The standard InChI is InChI=1S/C26H44N2O5.ClH/c1-18(2)20(16-21(27)22(29)17-28-11-10-26(3,4)25(28)30)14-19-8-9-23(32-6)24(15-19)33-13-7-12-31-5;/h8-9,15,18,20-22,29H,7,10-14,16-17,27H2,1-6H3;1H. The van der Waals surface area contributed by atoms with Crippen molar-refractivity contribution < 1.29 is 24.1 Å². The number of methoxy groups -OCH3 is 2. The number of nitrogens with two attached hydrogens (primary N) is 1. The minimum Gasteiger partial charge on any atom is -0.493 e. The van der Waals surface area contributed by atoms with Crippen molar-refractivity contribution in [2.45, 2.75) is 65.5 Å². The highest BCUT2D eigenvalue weighted by molar-refractivity contribution is 5.85. The number of ether oxygens (including phenoxy) is 3. The monoisotopic (exact) mass is 500 g/mol. The summed E-state index contributed by atoms with van der Waals surface area (Å²) in [5.41, 5.74) is 7.23. The molecule has 7 nitrogen and oxygen atoms in total. The molecular weight excluding hydrogens is 456 g/mol. The van der Waals surface area contributed by atoms with Crippen molar-refractivity contribution in [1.29, 1.82) is 0 Å². The summed E-state index contributed by atoms with van der Waals surface area (Å²) in [5.74, 6) is 2.22. The lowest BCUT2D eigenvalue weighted by Gasteiger charge is -2.30. The van der Waals surface area contributed by atoms with Gasteiger partial charge in [-0.1, -0.05) is 33.8 Å². The molecule has 3 atom stereocenters. The molecule has 3 N–H and O–H groups in total. The number of likely N-dealkylation sites (tertiary alicyclic amines) is 1. The van der Waals surface area contributed by atoms with E-state index in [0.29, 0.717) is 44.4 Å². The maximum absolute atomic E-state index is 12.5. The molecular formula is C26H45ClN2O5. The van der Waals surface area contributed by atoms with Gasteiger partial charge in [0.25, 0.3) is 0 Å². The zero-order valence-electron chi connectivity index (χ0n) is 21.7. The molecule has 0 aliphatic carbocycles. The number of rotatable bonds is 14. The van der Waals surface area contributed by atoms with E-state index < -0.39 is 12.1 Å². The Morgan fingerprint density at radius 3 is 2.44 bits per heavy atom. The maximum atomic E-state index is 12.5. The Labute approximate surface area is 211 Å². The molecule has 1 saturated heterocycles. The van der Waals surface area contributed by atoms with Gasteiger partial charge in [0.1, 0.15) is 0 Å². The van der Waals surface area contributed by atoms with Gasteiger partial charge in [0.15, 0.2) is 11.5 Å². The van der Waals surface area contributed by atoms with Gasteiger partial charge >= 0.3 is 0 Å². The highest BCUT2D eigenvalue weighted by atomic mass is 35.5. The molecule has 2 rings (SSSR count). The van der Waals surface area contributed by atoms with Crippen molar-refractivity contribution in [1.82, 2.24) is 4.90 Å². The molecule has 0 spiro atoms. The fourth-order valence-corrected chi connectivity index (χ4v) is 4.33. The van der Waals surface area contributed by atoms with Crippen LogP contribution in [0, 0.1) is 17.3 Å². The SMILES string of the molecule is COCCCOc1cc(CC(CC(N)C(O)CN2CCC(C)(C)C2=O)C(C)C)ccc1OC.Cl. The lowest BCUT2D eigenvalue weighted by Crippen LogP contribution is -2.46. The van der Waals surface area contributed by atoms with Crippen molar-refractivity contribution in [3.05, 3.63) is 23.8 Å². The topological polar surface area (TPSA) is 94.3 Å². The number of halogens is 1. The normalized spacial score (nSPS) is 17.9. The van der Waals surface area contributed by atoms with E-state index in [9.17, 15) is 9.90 Å². The van der Waals surface area contributed by atoms with Gasteiger partial charge in [0.05, 0.1) is 19.8 Å². The Morgan fingerprint density at radius 2 is 1.88 bits per heavy atom. The number of carbonyl (C=O) groups excluding carboxylic acids is 1. The van der Waals surface area contributed by atoms with Crippen LogP contribution in [0.15, 0.2) is 18.2 Å². The number of benzene rings is 1. The highest BCUT2D eigenvalue weighted by Gasteiger charge is 2.39. The molecule has 196 valence electrons. The smallest absolute Gasteiger partial charge is 0.228 e. The zero-order chi connectivity index (χ0) is 24.6. The van der Waals surface area contributed by atoms with E-state index in [2.05, 4.69) is 19.9 Å². The molecule has 1 aliphatic rings. The second-order valence-electron chi connectivity index (χ2n) is 10.2. The van der Waals surface area contributed by atoms with E-state index in [1.807, 2.05) is 26.0 Å². The first-order valence-corrected chi connectivity index (χ1v) is 12.1. The molecule has 3 unspecified atom stereocenters. The molecule has 1 aromatic rings. The van der Waals surface area contributed by atoms with Gasteiger partial charge in [0.2, 0.25) is 5.91 Å². The van der Waals surface area contributed by atoms with Crippen LogP contribution in [0.4, 0.5) is 0 Å². The first-order chi connectivity index (χ1) is 15.6. The predicted molar refractivity (Wildman–Crippen MR) is 138 cm³/mol. The maximum Gasteiger partial charge on any atom is 0.228 e. The van der Waals surface area contributed by atoms with Gasteiger partial charge in [-0.05, 0) is 48.8 Å². The molecule has 0 aromatic heterocycles. The van der Waals surface area contributed by atoms with Gasteiger partial charge in [-0.25, -0.2) is 0 Å². The fraction of sp³-hybridized carbons (Fsp3) is 0.731. The quantitative estimate of drug-likeness (QED) is 0.378. The number of aliphatic hydroxyl groups excluding tert-OH is 1. The van der Waals surface area contributed by atoms with Gasteiger partial charge in [0, 0.05) is 44.7 Å². The van der Waals surface area contributed by atoms with Crippen molar-refractivity contribution in [3.8, 4) is 11.5 Å². The van der Waals surface area contributed by atoms with Crippen LogP contribution in [0.5, 0.6) is 11.5 Å². The summed E-state index contributed by atoms with van der Waals surface area (Å²) >= 11 is 0. The lowest BCUT2D eigenvalue weighted by atomic mass is 9.83. The van der Waals surface area contributed by atoms with Gasteiger partial charge < -0.3 is 30.0 Å². The first-order valence-electron chi connectivity index (χ1n) is 12.1. The molecule has 0 saturated carbocycles. The van der Waals surface area contributed by atoms with Crippen molar-refractivity contribution in [3.63, 3.8) is 0 Å². The molecule has 0 radical (unpaired) electrons. The fourth-order valence-electron chi connectivity index (χ4n) is 4.33. The van der Waals surface area contributed by atoms with E-state index in [4.69, 9.17) is 19.9 Å². The van der Waals surface area contributed by atoms with Crippen molar-refractivity contribution in [2.24, 2.45) is 23.0 Å². The Hall–Kier alpha value is -1.54. The third-order valence-electron chi connectivity index (χ3n) is 6.77. The van der Waals surface area contributed by atoms with Crippen molar-refractivity contribution >= 4 is 18.3 Å². The molecule has 1 aromatic carbocycles. The van der Waals surface area contributed by atoms with E-state index in [1.54, 1.807) is 19.1 Å². The van der Waals surface area contributed by atoms with Crippen LogP contribution in [0.2, 0.25) is 0 Å². The molecule has 1 fully saturated rings. The highest BCUT2D eigenvalue weighted by Crippen LogP contribution is 2.32. The number of carbonyl (C=O) groups is 1. The Kier molecular flexibility index (Phi) is 12.7. The number of β-amino-alcohol motifs (C(OH)–C–C–N with tert-alkyl or cyclic N) is 1. The van der Waals surface area contributed by atoms with E-state index in [-0.39, 0.29) is 29.6 Å². The van der Waals surface area contributed by atoms with E-state index in [0.717, 1.165) is 30.6 Å². The van der Waals surface area contributed by atoms with E-state index in [1.165, 1.54) is 0 Å². The van der Waals surface area contributed by atoms with Crippen LogP contribution < -0.4 is 15.2 Å². The average Bonchev–Trinajstić information content (AvgIpc) is 3.03. The van der Waals surface area contributed by atoms with Crippen LogP contribution in [-0.4, -0.2) is 68.6 Å². The average molecular weight is 501 g/mol. The lowest BCUT2D eigenvalue weighted by molar-refractivity contribution is -0.135. The number of nitrogens with zero attached hydrogens (tertiary/aromatic N) is 1. The van der Waals surface area contributed by atoms with Gasteiger partial charge in [-0.15, -0.1) is 12.4 Å². The zero-order valence-corrected chi connectivity index (χ0v) is 22.5. The Morgan fingerprint density at radius 1 is 1.18 bits per heavy atom. The molecule has 1 heterocycles. The molecule has 1 amide bonds. The van der Waals surface area contributed by atoms with Crippen LogP contribution >= 0.6 is 12.4 Å². The molecule has 1 aliphatic heterocycles. The van der Waals surface area contributed by atoms with Crippen LogP contribution in [0.3, 0.4) is 0 Å². The summed E-state index contributed by atoms with van der Waals surface area (Å²) < 4.78 is 16.5. The summed E-state index contributed by atoms with van der Waals surface area (Å²) in [6.07, 6.45) is 2.39. The summed E-state index contributed by atoms with van der Waals surface area (Å²) in [4.78, 5) is 14.3. The minimum absolute atomic E-state index is 0. The van der Waals surface area contributed by atoms with Gasteiger partial charge in [-0.3, -0.25) is 4.79 Å². The van der Waals surface area contributed by atoms with E-state index >= 15 is 0 Å². The van der Waals surface area contributed by atoms with Crippen LogP contribution in [0.25, 0.3) is 0 Å². The summed E-state index contributed by atoms with van der Waals surface area (Å²) in [6.45, 7) is 10.5. The third kappa shape index (κ3) is 8.59. The second-order valence-corrected chi connectivity index (χ2v) is 10.2. The van der Waals surface area contributed by atoms with Crippen LogP contribution in [-0.2, 0) is 16.0 Å². The second kappa shape index (κ2) is 14.1. The molecule has 0 bridgehead atoms. The Balaban J connectivity index is 0.00000578.